The fourth-order valence-corrected chi connectivity index (χ4v) is 3.69. The zero-order valence-electron chi connectivity index (χ0n) is 18.5. The lowest BCUT2D eigenvalue weighted by Gasteiger charge is -2.19. The van der Waals surface area contributed by atoms with E-state index in [1.165, 1.54) is 4.57 Å². The van der Waals surface area contributed by atoms with Crippen LogP contribution >= 0.6 is 0 Å². The van der Waals surface area contributed by atoms with Crippen molar-refractivity contribution in [3.63, 3.8) is 0 Å². The van der Waals surface area contributed by atoms with Gasteiger partial charge < -0.3 is 15.6 Å². The van der Waals surface area contributed by atoms with E-state index in [4.69, 9.17) is 15.7 Å². The third kappa shape index (κ3) is 5.27. The first kappa shape index (κ1) is 23.7. The molecule has 9 nitrogen and oxygen atoms in total. The number of hydrogen-bond acceptors (Lipinski definition) is 7. The average molecular weight is 453 g/mol. The Hall–Kier alpha value is -3.97. The van der Waals surface area contributed by atoms with E-state index in [0.717, 1.165) is 17.2 Å². The molecule has 3 aromatic rings. The zero-order chi connectivity index (χ0) is 24.3. The molecule has 1 aromatic carbocycles. The van der Waals surface area contributed by atoms with Gasteiger partial charge in [0.25, 0.3) is 5.56 Å². The van der Waals surface area contributed by atoms with Crippen molar-refractivity contribution in [2.75, 3.05) is 5.73 Å². The number of ether oxygens (including phenoxy) is 1. The van der Waals surface area contributed by atoms with Gasteiger partial charge in [-0.1, -0.05) is 19.9 Å². The first-order chi connectivity index (χ1) is 15.6. The van der Waals surface area contributed by atoms with Crippen molar-refractivity contribution in [3.05, 3.63) is 84.6 Å². The van der Waals surface area contributed by atoms with Crippen molar-refractivity contribution in [1.29, 1.82) is 5.26 Å². The Morgan fingerprint density at radius 3 is 2.67 bits per heavy atom. The molecule has 0 aliphatic carbocycles. The summed E-state index contributed by atoms with van der Waals surface area (Å²) in [6.45, 7) is 5.23. The highest BCUT2D eigenvalue weighted by molar-refractivity contribution is 5.50. The molecule has 0 aliphatic heterocycles. The molecule has 2 aromatic heterocycles. The molecule has 0 amide bonds. The van der Waals surface area contributed by atoms with Crippen molar-refractivity contribution in [2.45, 2.75) is 46.4 Å². The van der Waals surface area contributed by atoms with Gasteiger partial charge in [-0.25, -0.2) is 4.79 Å². The van der Waals surface area contributed by atoms with Gasteiger partial charge in [0, 0.05) is 17.2 Å². The minimum atomic E-state index is -0.910. The van der Waals surface area contributed by atoms with Crippen molar-refractivity contribution in [2.24, 2.45) is 0 Å². The van der Waals surface area contributed by atoms with Crippen LogP contribution < -0.4 is 17.0 Å². The quantitative estimate of drug-likeness (QED) is 0.466. The molecule has 0 spiro atoms. The number of nitriles is 1. The summed E-state index contributed by atoms with van der Waals surface area (Å²) in [6.07, 6.45) is 0. The Morgan fingerprint density at radius 1 is 1.27 bits per heavy atom. The van der Waals surface area contributed by atoms with Crippen LogP contribution in [0.4, 0.5) is 10.2 Å². The molecule has 3 rings (SSSR count). The van der Waals surface area contributed by atoms with Gasteiger partial charge in [-0.3, -0.25) is 14.3 Å². The molecule has 172 valence electrons. The molecule has 33 heavy (non-hydrogen) atoms. The maximum absolute atomic E-state index is 13.8. The number of benzene rings is 1. The van der Waals surface area contributed by atoms with Gasteiger partial charge in [0.05, 0.1) is 37.1 Å². The number of rotatable bonds is 7. The van der Waals surface area contributed by atoms with Gasteiger partial charge in [-0.2, -0.15) is 14.6 Å². The molecule has 4 N–H and O–H groups in total. The Labute approximate surface area is 188 Å². The van der Waals surface area contributed by atoms with Crippen LogP contribution in [0, 0.1) is 24.2 Å². The van der Waals surface area contributed by atoms with E-state index in [-0.39, 0.29) is 31.2 Å². The van der Waals surface area contributed by atoms with E-state index < -0.39 is 28.8 Å². The van der Waals surface area contributed by atoms with Crippen LogP contribution in [-0.2, 0) is 24.5 Å². The van der Waals surface area contributed by atoms with Crippen LogP contribution in [0.25, 0.3) is 0 Å². The number of anilines is 1. The molecule has 10 heteroatoms. The molecule has 0 radical (unpaired) electrons. The van der Waals surface area contributed by atoms with Gasteiger partial charge in [-0.15, -0.1) is 0 Å². The Kier molecular flexibility index (Phi) is 6.94. The highest BCUT2D eigenvalue weighted by Gasteiger charge is 2.20. The lowest BCUT2D eigenvalue weighted by atomic mass is 10.0. The number of nitrogen functional groups attached to an aromatic ring is 1. The van der Waals surface area contributed by atoms with E-state index in [2.05, 4.69) is 16.0 Å². The summed E-state index contributed by atoms with van der Waals surface area (Å²) in [5, 5.41) is 19.4. The number of halogens is 1. The summed E-state index contributed by atoms with van der Waals surface area (Å²) in [5.74, 6) is -2.02. The highest BCUT2D eigenvalue weighted by Crippen LogP contribution is 2.25. The Balaban J connectivity index is 2.01. The number of nitrogens with one attached hydrogen (secondary N) is 1. The average Bonchev–Trinajstić information content (AvgIpc) is 2.73. The minimum absolute atomic E-state index is 0.0300. The van der Waals surface area contributed by atoms with Crippen LogP contribution in [-0.4, -0.2) is 19.6 Å². The lowest BCUT2D eigenvalue weighted by molar-refractivity contribution is 0.100. The van der Waals surface area contributed by atoms with Crippen molar-refractivity contribution >= 4 is 5.82 Å². The van der Waals surface area contributed by atoms with Gasteiger partial charge in [0.1, 0.15) is 0 Å². The lowest BCUT2D eigenvalue weighted by Crippen LogP contribution is -2.36. The molecule has 0 bridgehead atoms. The summed E-state index contributed by atoms with van der Waals surface area (Å²) in [5.41, 5.74) is 7.07. The van der Waals surface area contributed by atoms with Crippen molar-refractivity contribution < 1.29 is 14.2 Å². The third-order valence-corrected chi connectivity index (χ3v) is 5.09. The Bertz CT molecular complexity index is 1350. The number of aromatic nitrogens is 3. The topological polar surface area (TPSA) is 147 Å². The maximum Gasteiger partial charge on any atom is 0.328 e. The standard InChI is InChI=1S/C23H24FN5O4/c1-12(2)19-17(11-33-10-15-5-13(3)4-14(6-15)8-25)29(23(32)28-22(19)31)9-16-7-18(24)27-21(26)20(16)30/h4-7,12,30H,9-11H2,1-3H3,(H2,26,27)(H,28,31,32). The third-order valence-electron chi connectivity index (χ3n) is 5.09. The SMILES string of the molecule is Cc1cc(C#N)cc(COCc2c(C(C)C)c(=O)[nH]c(=O)n2Cc2cc(F)nc(N)c2O)c1. The molecule has 0 saturated carbocycles. The number of hydrogen-bond donors (Lipinski definition) is 3. The van der Waals surface area contributed by atoms with Gasteiger partial charge >= 0.3 is 5.69 Å². The number of H-pyrrole nitrogens is 1. The van der Waals surface area contributed by atoms with E-state index in [9.17, 15) is 19.1 Å². The van der Waals surface area contributed by atoms with E-state index in [0.29, 0.717) is 16.8 Å². The first-order valence-corrected chi connectivity index (χ1v) is 10.2. The second kappa shape index (κ2) is 9.67. The predicted molar refractivity (Wildman–Crippen MR) is 119 cm³/mol. The molecular weight excluding hydrogens is 429 g/mol. The molecule has 0 unspecified atom stereocenters. The van der Waals surface area contributed by atoms with Crippen molar-refractivity contribution in [3.8, 4) is 11.8 Å². The monoisotopic (exact) mass is 453 g/mol. The van der Waals surface area contributed by atoms with Gasteiger partial charge in [-0.05, 0) is 36.1 Å². The smallest absolute Gasteiger partial charge is 0.328 e. The van der Waals surface area contributed by atoms with Crippen molar-refractivity contribution in [1.82, 2.24) is 14.5 Å². The normalized spacial score (nSPS) is 11.0. The maximum atomic E-state index is 13.8. The zero-order valence-corrected chi connectivity index (χ0v) is 18.5. The first-order valence-electron chi connectivity index (χ1n) is 10.2. The van der Waals surface area contributed by atoms with E-state index >= 15 is 0 Å². The predicted octanol–water partition coefficient (Wildman–Crippen LogP) is 2.43. The number of nitrogens with zero attached hydrogens (tertiary/aromatic N) is 3. The van der Waals surface area contributed by atoms with Gasteiger partial charge in [0.2, 0.25) is 5.95 Å². The van der Waals surface area contributed by atoms with E-state index in [1.807, 2.05) is 13.0 Å². The second-order valence-corrected chi connectivity index (χ2v) is 8.01. The Morgan fingerprint density at radius 2 is 2.00 bits per heavy atom. The largest absolute Gasteiger partial charge is 0.504 e. The molecular formula is C23H24FN5O4. The molecule has 0 atom stereocenters. The summed E-state index contributed by atoms with van der Waals surface area (Å²) in [6, 6.07) is 8.38. The van der Waals surface area contributed by atoms with Crippen LogP contribution in [0.1, 0.15) is 53.3 Å². The number of aromatic amines is 1. The van der Waals surface area contributed by atoms with E-state index in [1.54, 1.807) is 26.0 Å². The van der Waals surface area contributed by atoms with Crippen LogP contribution in [0.5, 0.6) is 5.75 Å². The number of aromatic hydroxyl groups is 1. The van der Waals surface area contributed by atoms with Crippen LogP contribution in [0.15, 0.2) is 33.9 Å². The second-order valence-electron chi connectivity index (χ2n) is 8.01. The number of aryl methyl sites for hydroxylation is 1. The summed E-state index contributed by atoms with van der Waals surface area (Å²) < 4.78 is 20.8. The summed E-state index contributed by atoms with van der Waals surface area (Å²) in [4.78, 5) is 30.8. The highest BCUT2D eigenvalue weighted by atomic mass is 19.1. The number of nitrogens with two attached hydrogens (primary N) is 1. The number of pyridine rings is 1. The molecule has 2 heterocycles. The summed E-state index contributed by atoms with van der Waals surface area (Å²) >= 11 is 0. The molecule has 0 aliphatic rings. The molecule has 0 fully saturated rings. The fraction of sp³-hybridized carbons (Fsp3) is 0.304. The molecule has 0 saturated heterocycles. The minimum Gasteiger partial charge on any atom is -0.504 e. The van der Waals surface area contributed by atoms with Crippen LogP contribution in [0.2, 0.25) is 0 Å². The van der Waals surface area contributed by atoms with Gasteiger partial charge in [0.15, 0.2) is 11.6 Å². The van der Waals surface area contributed by atoms with Crippen LogP contribution in [0.3, 0.4) is 0 Å². The summed E-state index contributed by atoms with van der Waals surface area (Å²) in [7, 11) is 0. The fourth-order valence-electron chi connectivity index (χ4n) is 3.69.